The van der Waals surface area contributed by atoms with Crippen LogP contribution in [0.4, 0.5) is 0 Å². The van der Waals surface area contributed by atoms with Crippen molar-refractivity contribution in [2.24, 2.45) is 0 Å². The molecule has 0 bridgehead atoms. The molecule has 0 saturated carbocycles. The van der Waals surface area contributed by atoms with Crippen LogP contribution >= 0.6 is 0 Å². The molecule has 2 N–H and O–H groups in total. The maximum Gasteiger partial charge on any atom is 0.274 e. The van der Waals surface area contributed by atoms with Gasteiger partial charge in [-0.3, -0.25) is 4.79 Å². The van der Waals surface area contributed by atoms with Gasteiger partial charge in [0.05, 0.1) is 17.7 Å². The van der Waals surface area contributed by atoms with Gasteiger partial charge in [0.15, 0.2) is 5.69 Å². The number of nitrogens with one attached hydrogen (secondary N) is 1. The van der Waals surface area contributed by atoms with Gasteiger partial charge in [-0.1, -0.05) is 6.07 Å². The van der Waals surface area contributed by atoms with E-state index < -0.39 is 5.91 Å². The Morgan fingerprint density at radius 3 is 3.10 bits per heavy atom. The van der Waals surface area contributed by atoms with Crippen LogP contribution < -0.4 is 10.1 Å². The van der Waals surface area contributed by atoms with Crippen LogP contribution in [0.1, 0.15) is 27.7 Å². The number of rotatable bonds is 2. The van der Waals surface area contributed by atoms with Crippen LogP contribution in [-0.2, 0) is 0 Å². The minimum Gasteiger partial charge on any atom is -0.505 e. The summed E-state index contributed by atoms with van der Waals surface area (Å²) in [5.41, 5.74) is 1.28. The van der Waals surface area contributed by atoms with Crippen molar-refractivity contribution in [2.45, 2.75) is 6.04 Å². The van der Waals surface area contributed by atoms with Crippen molar-refractivity contribution in [1.29, 1.82) is 5.26 Å². The van der Waals surface area contributed by atoms with E-state index in [1.807, 2.05) is 6.07 Å². The highest BCUT2D eigenvalue weighted by Gasteiger charge is 2.27. The average molecular weight is 281 g/mol. The summed E-state index contributed by atoms with van der Waals surface area (Å²) in [5, 5.41) is 21.2. The maximum absolute atomic E-state index is 12.1. The molecule has 2 aromatic rings. The minimum absolute atomic E-state index is 0.0282. The molecule has 1 amide bonds. The lowest BCUT2D eigenvalue weighted by Gasteiger charge is -2.11. The highest BCUT2D eigenvalue weighted by Crippen LogP contribution is 2.33. The smallest absolute Gasteiger partial charge is 0.274 e. The van der Waals surface area contributed by atoms with Crippen molar-refractivity contribution < 1.29 is 14.6 Å². The first kappa shape index (κ1) is 12.9. The third kappa shape index (κ3) is 2.37. The Bertz CT molecular complexity index is 752. The van der Waals surface area contributed by atoms with E-state index in [9.17, 15) is 9.90 Å². The Morgan fingerprint density at radius 2 is 2.33 bits per heavy atom. The van der Waals surface area contributed by atoms with Crippen molar-refractivity contribution in [1.82, 2.24) is 10.3 Å². The molecule has 0 spiro atoms. The number of aromatic hydroxyl groups is 1. The Morgan fingerprint density at radius 1 is 1.48 bits per heavy atom. The molecule has 6 heteroatoms. The lowest BCUT2D eigenvalue weighted by Crippen LogP contribution is -2.30. The quantitative estimate of drug-likeness (QED) is 0.870. The van der Waals surface area contributed by atoms with Gasteiger partial charge in [-0.2, -0.15) is 5.26 Å². The zero-order chi connectivity index (χ0) is 14.8. The molecule has 1 atom stereocenters. The van der Waals surface area contributed by atoms with Crippen LogP contribution in [0, 0.1) is 11.3 Å². The van der Waals surface area contributed by atoms with Gasteiger partial charge in [0.25, 0.3) is 5.91 Å². The van der Waals surface area contributed by atoms with Crippen LogP contribution in [0.15, 0.2) is 36.5 Å². The zero-order valence-corrected chi connectivity index (χ0v) is 10.9. The summed E-state index contributed by atoms with van der Waals surface area (Å²) < 4.78 is 5.47. The third-order valence-electron chi connectivity index (χ3n) is 3.23. The molecule has 1 aromatic carbocycles. The number of hydrogen-bond donors (Lipinski definition) is 2. The summed E-state index contributed by atoms with van der Waals surface area (Å²) in [6.07, 6.45) is 1.44. The summed E-state index contributed by atoms with van der Waals surface area (Å²) in [5.74, 6) is -0.0579. The van der Waals surface area contributed by atoms with E-state index in [4.69, 9.17) is 10.00 Å². The molecule has 6 nitrogen and oxygen atoms in total. The number of nitrogens with zero attached hydrogens (tertiary/aromatic N) is 2. The molecular weight excluding hydrogens is 270 g/mol. The molecule has 2 heterocycles. The van der Waals surface area contributed by atoms with E-state index in [1.165, 1.54) is 12.3 Å². The molecule has 0 fully saturated rings. The van der Waals surface area contributed by atoms with E-state index in [1.54, 1.807) is 24.3 Å². The van der Waals surface area contributed by atoms with Gasteiger partial charge in [0, 0.05) is 11.8 Å². The number of carbonyl (C=O) groups excluding carboxylic acids is 1. The first-order valence-corrected chi connectivity index (χ1v) is 6.30. The minimum atomic E-state index is -0.473. The highest BCUT2D eigenvalue weighted by molar-refractivity contribution is 5.95. The van der Waals surface area contributed by atoms with E-state index >= 15 is 0 Å². The number of hydrogen-bond acceptors (Lipinski definition) is 5. The number of nitriles is 1. The highest BCUT2D eigenvalue weighted by atomic mass is 16.5. The predicted octanol–water partition coefficient (Wildman–Crippen LogP) is 1.52. The molecule has 21 heavy (non-hydrogen) atoms. The Hall–Kier alpha value is -3.07. The first-order valence-electron chi connectivity index (χ1n) is 6.30. The molecular formula is C15H11N3O3. The van der Waals surface area contributed by atoms with Gasteiger partial charge in [-0.25, -0.2) is 4.98 Å². The fraction of sp³-hybridized carbons (Fsp3) is 0.133. The molecule has 1 aliphatic heterocycles. The number of benzene rings is 1. The van der Waals surface area contributed by atoms with Crippen LogP contribution in [0.5, 0.6) is 11.5 Å². The number of ether oxygens (including phenoxy) is 1. The molecule has 1 unspecified atom stereocenters. The topological polar surface area (TPSA) is 95.2 Å². The molecule has 0 radical (unpaired) electrons. The largest absolute Gasteiger partial charge is 0.505 e. The second kappa shape index (κ2) is 5.13. The number of amides is 1. The monoisotopic (exact) mass is 281 g/mol. The summed E-state index contributed by atoms with van der Waals surface area (Å²) in [7, 11) is 0. The van der Waals surface area contributed by atoms with Gasteiger partial charge in [-0.15, -0.1) is 0 Å². The van der Waals surface area contributed by atoms with E-state index in [-0.39, 0.29) is 24.1 Å². The van der Waals surface area contributed by atoms with Gasteiger partial charge in [0.2, 0.25) is 0 Å². The predicted molar refractivity (Wildman–Crippen MR) is 72.8 cm³/mol. The maximum atomic E-state index is 12.1. The van der Waals surface area contributed by atoms with Crippen molar-refractivity contribution in [3.8, 4) is 17.6 Å². The average Bonchev–Trinajstić information content (AvgIpc) is 2.89. The standard InChI is InChI=1S/C15H11N3O3/c16-7-9-3-4-10-11(8-21-13(10)6-9)18-15(20)14-12(19)2-1-5-17-14/h1-6,11,19H,8H2,(H,18,20). The van der Waals surface area contributed by atoms with Crippen LogP contribution in [-0.4, -0.2) is 22.6 Å². The Kier molecular flexibility index (Phi) is 3.16. The van der Waals surface area contributed by atoms with Crippen LogP contribution in [0.25, 0.3) is 0 Å². The van der Waals surface area contributed by atoms with Gasteiger partial charge < -0.3 is 15.2 Å². The second-order valence-corrected chi connectivity index (χ2v) is 4.57. The molecule has 0 saturated heterocycles. The summed E-state index contributed by atoms with van der Waals surface area (Å²) in [6.45, 7) is 0.281. The van der Waals surface area contributed by atoms with Crippen molar-refractivity contribution in [3.63, 3.8) is 0 Å². The fourth-order valence-corrected chi connectivity index (χ4v) is 2.20. The van der Waals surface area contributed by atoms with Crippen LogP contribution in [0.3, 0.4) is 0 Å². The lowest BCUT2D eigenvalue weighted by molar-refractivity contribution is 0.0922. The van der Waals surface area contributed by atoms with Crippen molar-refractivity contribution in [3.05, 3.63) is 53.3 Å². The molecule has 1 aromatic heterocycles. The van der Waals surface area contributed by atoms with Gasteiger partial charge in [0.1, 0.15) is 18.1 Å². The SMILES string of the molecule is N#Cc1ccc2c(c1)OCC2NC(=O)c1ncccc1O. The molecule has 0 aliphatic carbocycles. The number of pyridine rings is 1. The van der Waals surface area contributed by atoms with Gasteiger partial charge in [-0.05, 0) is 24.3 Å². The van der Waals surface area contributed by atoms with E-state index in [2.05, 4.69) is 10.3 Å². The third-order valence-corrected chi connectivity index (χ3v) is 3.23. The van der Waals surface area contributed by atoms with E-state index in [0.717, 1.165) is 5.56 Å². The molecule has 104 valence electrons. The number of carbonyl (C=O) groups is 1. The summed E-state index contributed by atoms with van der Waals surface area (Å²) in [6, 6.07) is 9.72. The molecule has 3 rings (SSSR count). The Balaban J connectivity index is 1.81. The first-order chi connectivity index (χ1) is 10.2. The number of aromatic nitrogens is 1. The summed E-state index contributed by atoms with van der Waals surface area (Å²) in [4.78, 5) is 16.0. The Labute approximate surface area is 120 Å². The van der Waals surface area contributed by atoms with Crippen molar-refractivity contribution >= 4 is 5.91 Å². The second-order valence-electron chi connectivity index (χ2n) is 4.57. The normalized spacial score (nSPS) is 15.7. The van der Waals surface area contributed by atoms with Crippen LogP contribution in [0.2, 0.25) is 0 Å². The number of fused-ring (bicyclic) bond motifs is 1. The lowest BCUT2D eigenvalue weighted by atomic mass is 10.1. The van der Waals surface area contributed by atoms with E-state index in [0.29, 0.717) is 11.3 Å². The molecule has 1 aliphatic rings. The fourth-order valence-electron chi connectivity index (χ4n) is 2.20. The van der Waals surface area contributed by atoms with Crippen molar-refractivity contribution in [2.75, 3.05) is 6.61 Å². The zero-order valence-electron chi connectivity index (χ0n) is 10.9. The van der Waals surface area contributed by atoms with Gasteiger partial charge >= 0.3 is 0 Å². The summed E-state index contributed by atoms with van der Waals surface area (Å²) >= 11 is 0.